The van der Waals surface area contributed by atoms with Crippen molar-refractivity contribution in [3.63, 3.8) is 0 Å². The van der Waals surface area contributed by atoms with Crippen LogP contribution in [0, 0.1) is 17.1 Å². The average Bonchev–Trinajstić information content (AvgIpc) is 4.04. The summed E-state index contributed by atoms with van der Waals surface area (Å²) in [5, 5.41) is 24.9. The summed E-state index contributed by atoms with van der Waals surface area (Å²) in [5.41, 5.74) is 5.99. The zero-order valence-electron chi connectivity index (χ0n) is 37.9. The molecule has 5 aliphatic rings. The van der Waals surface area contributed by atoms with Gasteiger partial charge < -0.3 is 24.6 Å². The third-order valence-electron chi connectivity index (χ3n) is 14.4. The molecule has 0 spiro atoms. The van der Waals surface area contributed by atoms with Crippen molar-refractivity contribution in [2.45, 2.75) is 75.3 Å². The molecule has 0 radical (unpaired) electrons. The van der Waals surface area contributed by atoms with Crippen molar-refractivity contribution in [1.82, 2.24) is 49.5 Å². The minimum absolute atomic E-state index is 0.222. The highest BCUT2D eigenvalue weighted by atomic mass is 19.1. The van der Waals surface area contributed by atoms with E-state index < -0.39 is 17.8 Å². The highest BCUT2D eigenvalue weighted by Crippen LogP contribution is 2.37. The molecule has 350 valence electrons. The highest BCUT2D eigenvalue weighted by molar-refractivity contribution is 6.01. The molecule has 68 heavy (non-hydrogen) atoms. The molecule has 1 aromatic carbocycles. The molecule has 4 saturated heterocycles. The molecule has 5 fully saturated rings. The summed E-state index contributed by atoms with van der Waals surface area (Å²) in [5.74, 6) is 0.217. The van der Waals surface area contributed by atoms with Gasteiger partial charge in [0.25, 0.3) is 0 Å². The number of benzene rings is 1. The van der Waals surface area contributed by atoms with Crippen LogP contribution in [0.1, 0.15) is 55.8 Å². The number of amides is 2. The van der Waals surface area contributed by atoms with Crippen LogP contribution in [0.3, 0.4) is 0 Å². The Hall–Kier alpha value is -7.01. The van der Waals surface area contributed by atoms with Gasteiger partial charge in [-0.15, -0.1) is 0 Å². The Morgan fingerprint density at radius 1 is 0.882 bits per heavy atom. The second-order valence-corrected chi connectivity index (χ2v) is 18.4. The van der Waals surface area contributed by atoms with Crippen LogP contribution in [-0.2, 0) is 20.9 Å². The Morgan fingerprint density at radius 2 is 1.69 bits per heavy atom. The first kappa shape index (κ1) is 43.6. The standard InChI is InChI=1S/C49H53FN14O4/c1-67-44-19-43(39(50)18-41(44)56-40-10-12-46(65)58-49(40)66)60-16-14-59(15-17-60)35-6-8-36(9-7-35)63-24-33(23-54-63)42-28-64-48(32(20-51)22-55-64)47(57-42)31-5-11-45(53-21-31)61-26-37-29-68-30-38(27-61)62(37)25-34-4-2-3-13-52-34/h2-5,11,13,18-19,21-24,28,35-38,40,56H,6-10,12,14-17,25-27,29-30H2,1H3,(H,58,65,66). The smallest absolute Gasteiger partial charge is 0.249 e. The van der Waals surface area contributed by atoms with Gasteiger partial charge in [0.15, 0.2) is 0 Å². The Kier molecular flexibility index (Phi) is 11.9. The van der Waals surface area contributed by atoms with Gasteiger partial charge in [0.1, 0.15) is 40.6 Å². The molecular formula is C49H53FN14O4. The minimum Gasteiger partial charge on any atom is -0.495 e. The van der Waals surface area contributed by atoms with Crippen LogP contribution in [-0.4, -0.2) is 140 Å². The van der Waals surface area contributed by atoms with Crippen LogP contribution >= 0.6 is 0 Å². The second-order valence-electron chi connectivity index (χ2n) is 18.4. The van der Waals surface area contributed by atoms with E-state index in [9.17, 15) is 14.9 Å². The topological polar surface area (TPSA) is 187 Å². The van der Waals surface area contributed by atoms with Crippen LogP contribution in [0.2, 0.25) is 0 Å². The number of ether oxygens (including phenoxy) is 2. The van der Waals surface area contributed by atoms with Crippen molar-refractivity contribution >= 4 is 34.5 Å². The first-order valence-electron chi connectivity index (χ1n) is 23.5. The van der Waals surface area contributed by atoms with Crippen molar-refractivity contribution < 1.29 is 23.5 Å². The monoisotopic (exact) mass is 920 g/mol. The van der Waals surface area contributed by atoms with E-state index in [0.717, 1.165) is 81.0 Å². The minimum atomic E-state index is -0.643. The molecule has 2 N–H and O–H groups in total. The Labute approximate surface area is 392 Å². The van der Waals surface area contributed by atoms with Crippen LogP contribution in [0.5, 0.6) is 5.75 Å². The zero-order valence-corrected chi connectivity index (χ0v) is 37.9. The highest BCUT2D eigenvalue weighted by Gasteiger charge is 2.39. The molecule has 6 aromatic rings. The first-order chi connectivity index (χ1) is 33.3. The number of methoxy groups -OCH3 is 1. The summed E-state index contributed by atoms with van der Waals surface area (Å²) in [6.45, 7) is 6.69. The third-order valence-corrected chi connectivity index (χ3v) is 14.4. The van der Waals surface area contributed by atoms with E-state index >= 15 is 4.39 Å². The van der Waals surface area contributed by atoms with E-state index in [1.54, 1.807) is 16.8 Å². The number of fused-ring (bicyclic) bond motifs is 3. The summed E-state index contributed by atoms with van der Waals surface area (Å²) in [6, 6.07) is 16.0. The average molecular weight is 921 g/mol. The first-order valence-corrected chi connectivity index (χ1v) is 23.5. The van der Waals surface area contributed by atoms with Gasteiger partial charge in [-0.3, -0.25) is 34.4 Å². The van der Waals surface area contributed by atoms with Gasteiger partial charge in [-0.2, -0.15) is 15.5 Å². The number of piperazine rings is 2. The maximum Gasteiger partial charge on any atom is 0.249 e. The van der Waals surface area contributed by atoms with Gasteiger partial charge in [-0.25, -0.2) is 18.9 Å². The number of morpholine rings is 1. The van der Waals surface area contributed by atoms with Crippen molar-refractivity contribution in [2.75, 3.05) is 74.7 Å². The predicted molar refractivity (Wildman–Crippen MR) is 250 cm³/mol. The lowest BCUT2D eigenvalue weighted by Crippen LogP contribution is -2.64. The van der Waals surface area contributed by atoms with Crippen molar-refractivity contribution in [2.24, 2.45) is 0 Å². The molecule has 19 heteroatoms. The number of hydrogen-bond donors (Lipinski definition) is 2. The molecule has 11 rings (SSSR count). The molecule has 9 heterocycles. The number of aromatic nitrogens is 7. The lowest BCUT2D eigenvalue weighted by Gasteiger charge is -2.50. The number of rotatable bonds is 11. The predicted octanol–water partition coefficient (Wildman–Crippen LogP) is 4.68. The number of halogens is 1. The van der Waals surface area contributed by atoms with E-state index in [2.05, 4.69) is 63.3 Å². The van der Waals surface area contributed by atoms with Crippen LogP contribution in [0.4, 0.5) is 21.6 Å². The van der Waals surface area contributed by atoms with Crippen LogP contribution < -0.4 is 25.2 Å². The van der Waals surface area contributed by atoms with E-state index in [1.807, 2.05) is 49.1 Å². The van der Waals surface area contributed by atoms with Gasteiger partial charge in [0.05, 0.1) is 85.5 Å². The number of nitriles is 1. The Balaban J connectivity index is 0.727. The summed E-state index contributed by atoms with van der Waals surface area (Å²) >= 11 is 0. The summed E-state index contributed by atoms with van der Waals surface area (Å²) in [7, 11) is 1.53. The van der Waals surface area contributed by atoms with Crippen LogP contribution in [0.15, 0.2) is 79.6 Å². The van der Waals surface area contributed by atoms with E-state index in [0.29, 0.717) is 78.4 Å². The molecule has 3 atom stereocenters. The van der Waals surface area contributed by atoms with Gasteiger partial charge >= 0.3 is 0 Å². The Bertz CT molecular complexity index is 2840. The number of nitrogens with zero attached hydrogens (tertiary/aromatic N) is 12. The number of carbonyl (C=O) groups is 2. The van der Waals surface area contributed by atoms with Gasteiger partial charge in [0, 0.05) is 100 Å². The number of piperidine rings is 1. The molecular weight excluding hydrogens is 868 g/mol. The number of carbonyl (C=O) groups excluding carboxylic acids is 2. The fraction of sp³-hybridized carbons (Fsp3) is 0.429. The second kappa shape index (κ2) is 18.6. The SMILES string of the molecule is COc1cc(N2CCN(C3CCC(n4cc(-c5cn6ncc(C#N)c6c(-c6ccc(N7CC8COCC(C7)N8Cc7ccccn7)nc6)n5)cn4)CC3)CC2)c(F)cc1NC1CCC(=O)NC1=O. The lowest BCUT2D eigenvalue weighted by atomic mass is 9.90. The van der Waals surface area contributed by atoms with Crippen LogP contribution in [0.25, 0.3) is 28.0 Å². The molecule has 1 aliphatic carbocycles. The molecule has 3 unspecified atom stereocenters. The van der Waals surface area contributed by atoms with E-state index in [-0.39, 0.29) is 30.5 Å². The number of imide groups is 1. The van der Waals surface area contributed by atoms with Crippen molar-refractivity contribution in [3.05, 3.63) is 96.7 Å². The number of hydrogen-bond acceptors (Lipinski definition) is 15. The maximum absolute atomic E-state index is 15.6. The number of nitrogens with one attached hydrogen (secondary N) is 2. The lowest BCUT2D eigenvalue weighted by molar-refractivity contribution is -0.133. The summed E-state index contributed by atoms with van der Waals surface area (Å²) in [4.78, 5) is 48.1. The molecule has 1 saturated carbocycles. The van der Waals surface area contributed by atoms with E-state index in [1.165, 1.54) is 13.2 Å². The normalized spacial score (nSPS) is 23.6. The zero-order chi connectivity index (χ0) is 46.3. The molecule has 2 amide bonds. The molecule has 5 aromatic heterocycles. The summed E-state index contributed by atoms with van der Waals surface area (Å²) in [6.07, 6.45) is 15.6. The maximum atomic E-state index is 15.6. The number of anilines is 3. The molecule has 2 bridgehead atoms. The largest absolute Gasteiger partial charge is 0.495 e. The van der Waals surface area contributed by atoms with Gasteiger partial charge in [-0.05, 0) is 56.4 Å². The fourth-order valence-corrected chi connectivity index (χ4v) is 10.8. The van der Waals surface area contributed by atoms with Gasteiger partial charge in [0.2, 0.25) is 11.8 Å². The quantitative estimate of drug-likeness (QED) is 0.171. The number of pyridine rings is 2. The Morgan fingerprint density at radius 3 is 2.41 bits per heavy atom. The van der Waals surface area contributed by atoms with Gasteiger partial charge in [-0.1, -0.05) is 6.07 Å². The molecule has 18 nitrogen and oxygen atoms in total. The van der Waals surface area contributed by atoms with E-state index in [4.69, 9.17) is 24.5 Å². The van der Waals surface area contributed by atoms with Crippen molar-refractivity contribution in [1.29, 1.82) is 5.26 Å². The van der Waals surface area contributed by atoms with Crippen molar-refractivity contribution in [3.8, 4) is 34.3 Å². The third kappa shape index (κ3) is 8.59. The fourth-order valence-electron chi connectivity index (χ4n) is 10.8. The molecule has 4 aliphatic heterocycles. The summed E-state index contributed by atoms with van der Waals surface area (Å²) < 4.78 is 31.0.